The van der Waals surface area contributed by atoms with Gasteiger partial charge >= 0.3 is 0 Å². The minimum absolute atomic E-state index is 0.0207. The van der Waals surface area contributed by atoms with Gasteiger partial charge in [0.25, 0.3) is 0 Å². The highest BCUT2D eigenvalue weighted by atomic mass is 16.2. The molecular weight excluding hydrogens is 250 g/mol. The van der Waals surface area contributed by atoms with E-state index in [1.54, 1.807) is 6.07 Å². The fourth-order valence-electron chi connectivity index (χ4n) is 1.48. The molecule has 2 amide bonds. The fraction of sp³-hybridized carbons (Fsp3) is 0.400. The maximum Gasteiger partial charge on any atom is 0.237 e. The number of hydrogen-bond acceptors (Lipinski definition) is 7. The van der Waals surface area contributed by atoms with Crippen molar-refractivity contribution >= 4 is 29.4 Å². The van der Waals surface area contributed by atoms with E-state index in [-0.39, 0.29) is 19.0 Å². The SMILES string of the molecule is CCNc1cc(N(CC(N)=O)CC(N)=O)nc(N)n1. The highest BCUT2D eigenvalue weighted by Crippen LogP contribution is 2.16. The number of nitrogens with one attached hydrogen (secondary N) is 1. The molecule has 0 saturated heterocycles. The molecule has 9 heteroatoms. The molecule has 0 aromatic carbocycles. The number of hydrogen-bond donors (Lipinski definition) is 4. The number of primary amides is 2. The molecule has 0 spiro atoms. The van der Waals surface area contributed by atoms with Crippen LogP contribution in [0.5, 0.6) is 0 Å². The van der Waals surface area contributed by atoms with Crippen LogP contribution in [0, 0.1) is 0 Å². The number of amides is 2. The molecular formula is C10H17N7O2. The molecule has 0 fully saturated rings. The summed E-state index contributed by atoms with van der Waals surface area (Å²) in [5.41, 5.74) is 15.8. The monoisotopic (exact) mass is 267 g/mol. The molecule has 19 heavy (non-hydrogen) atoms. The lowest BCUT2D eigenvalue weighted by Crippen LogP contribution is -2.40. The van der Waals surface area contributed by atoms with Gasteiger partial charge in [0.2, 0.25) is 17.8 Å². The minimum Gasteiger partial charge on any atom is -0.370 e. The Morgan fingerprint density at radius 1 is 1.26 bits per heavy atom. The van der Waals surface area contributed by atoms with Gasteiger partial charge in [-0.1, -0.05) is 0 Å². The van der Waals surface area contributed by atoms with Crippen LogP contribution in [-0.2, 0) is 9.59 Å². The molecule has 1 aromatic heterocycles. The molecule has 104 valence electrons. The Hall–Kier alpha value is -2.58. The van der Waals surface area contributed by atoms with Crippen molar-refractivity contribution in [3.8, 4) is 0 Å². The zero-order chi connectivity index (χ0) is 14.4. The highest BCUT2D eigenvalue weighted by molar-refractivity contribution is 5.84. The normalized spacial score (nSPS) is 9.95. The first-order chi connectivity index (χ1) is 8.92. The maximum atomic E-state index is 11.0. The van der Waals surface area contributed by atoms with Crippen LogP contribution in [0.15, 0.2) is 6.07 Å². The summed E-state index contributed by atoms with van der Waals surface area (Å²) in [6, 6.07) is 1.56. The van der Waals surface area contributed by atoms with Gasteiger partial charge < -0.3 is 27.4 Å². The third-order valence-electron chi connectivity index (χ3n) is 2.11. The van der Waals surface area contributed by atoms with Gasteiger partial charge in [-0.3, -0.25) is 9.59 Å². The van der Waals surface area contributed by atoms with Crippen LogP contribution in [-0.4, -0.2) is 41.4 Å². The van der Waals surface area contributed by atoms with Crippen LogP contribution in [0.1, 0.15) is 6.92 Å². The van der Waals surface area contributed by atoms with Crippen LogP contribution < -0.4 is 27.4 Å². The first kappa shape index (κ1) is 14.5. The van der Waals surface area contributed by atoms with Crippen LogP contribution in [0.2, 0.25) is 0 Å². The summed E-state index contributed by atoms with van der Waals surface area (Å²) in [5.74, 6) is -0.399. The number of nitrogens with two attached hydrogens (primary N) is 3. The van der Waals surface area contributed by atoms with Crippen molar-refractivity contribution < 1.29 is 9.59 Å². The lowest BCUT2D eigenvalue weighted by Gasteiger charge is -2.21. The largest absolute Gasteiger partial charge is 0.370 e. The van der Waals surface area contributed by atoms with E-state index in [1.807, 2.05) is 6.92 Å². The number of aromatic nitrogens is 2. The van der Waals surface area contributed by atoms with Gasteiger partial charge in [-0.05, 0) is 6.92 Å². The third kappa shape index (κ3) is 4.66. The summed E-state index contributed by atoms with van der Waals surface area (Å²) in [5, 5.41) is 2.96. The molecule has 0 aliphatic carbocycles. The second kappa shape index (κ2) is 6.38. The molecule has 0 radical (unpaired) electrons. The maximum absolute atomic E-state index is 11.0. The average molecular weight is 267 g/mol. The number of nitrogen functional groups attached to an aromatic ring is 1. The van der Waals surface area contributed by atoms with E-state index in [4.69, 9.17) is 17.2 Å². The van der Waals surface area contributed by atoms with Crippen molar-refractivity contribution in [1.82, 2.24) is 9.97 Å². The van der Waals surface area contributed by atoms with Gasteiger partial charge in [0.15, 0.2) is 0 Å². The average Bonchev–Trinajstić information content (AvgIpc) is 2.26. The van der Waals surface area contributed by atoms with Crippen LogP contribution in [0.4, 0.5) is 17.6 Å². The summed E-state index contributed by atoms with van der Waals surface area (Å²) in [6.07, 6.45) is 0. The second-order valence-corrected chi connectivity index (χ2v) is 3.79. The first-order valence-corrected chi connectivity index (χ1v) is 5.62. The number of anilines is 3. The summed E-state index contributed by atoms with van der Waals surface area (Å²) < 4.78 is 0. The summed E-state index contributed by atoms with van der Waals surface area (Å²) in [6.45, 7) is 2.15. The van der Waals surface area contributed by atoms with Crippen molar-refractivity contribution in [3.63, 3.8) is 0 Å². The molecule has 0 atom stereocenters. The Morgan fingerprint density at radius 3 is 2.32 bits per heavy atom. The van der Waals surface area contributed by atoms with E-state index in [2.05, 4.69) is 15.3 Å². The molecule has 0 saturated carbocycles. The summed E-state index contributed by atoms with van der Waals surface area (Å²) in [7, 11) is 0. The summed E-state index contributed by atoms with van der Waals surface area (Å²) >= 11 is 0. The predicted octanol–water partition coefficient (Wildman–Crippen LogP) is -1.73. The van der Waals surface area contributed by atoms with E-state index in [0.717, 1.165) is 0 Å². The van der Waals surface area contributed by atoms with Crippen LogP contribution in [0.25, 0.3) is 0 Å². The Labute approximate surface area is 110 Å². The Kier molecular flexibility index (Phi) is 4.86. The van der Waals surface area contributed by atoms with Crippen molar-refractivity contribution in [2.24, 2.45) is 11.5 Å². The number of carbonyl (C=O) groups excluding carboxylic acids is 2. The lowest BCUT2D eigenvalue weighted by molar-refractivity contribution is -0.117. The molecule has 0 aliphatic heterocycles. The number of rotatable bonds is 7. The molecule has 1 heterocycles. The zero-order valence-corrected chi connectivity index (χ0v) is 10.6. The number of nitrogens with zero attached hydrogens (tertiary/aromatic N) is 3. The Morgan fingerprint density at radius 2 is 1.84 bits per heavy atom. The zero-order valence-electron chi connectivity index (χ0n) is 10.6. The Bertz CT molecular complexity index is 461. The van der Waals surface area contributed by atoms with E-state index >= 15 is 0 Å². The van der Waals surface area contributed by atoms with Gasteiger partial charge in [-0.15, -0.1) is 0 Å². The van der Waals surface area contributed by atoms with Crippen molar-refractivity contribution in [3.05, 3.63) is 6.07 Å². The van der Waals surface area contributed by atoms with Crippen LogP contribution in [0.3, 0.4) is 0 Å². The Balaban J connectivity index is 3.05. The molecule has 0 unspecified atom stereocenters. The van der Waals surface area contributed by atoms with Crippen molar-refractivity contribution in [2.45, 2.75) is 6.92 Å². The van der Waals surface area contributed by atoms with Gasteiger partial charge in [0.05, 0.1) is 13.1 Å². The topological polar surface area (TPSA) is 153 Å². The molecule has 1 rings (SSSR count). The highest BCUT2D eigenvalue weighted by Gasteiger charge is 2.15. The van der Waals surface area contributed by atoms with Gasteiger partial charge in [-0.2, -0.15) is 9.97 Å². The van der Waals surface area contributed by atoms with E-state index < -0.39 is 11.8 Å². The van der Waals surface area contributed by atoms with Gasteiger partial charge in [0, 0.05) is 12.6 Å². The summed E-state index contributed by atoms with van der Waals surface area (Å²) in [4.78, 5) is 31.3. The molecule has 0 aliphatic rings. The van der Waals surface area contributed by atoms with Gasteiger partial charge in [-0.25, -0.2) is 0 Å². The second-order valence-electron chi connectivity index (χ2n) is 3.79. The standard InChI is InChI=1S/C10H17N7O2/c1-2-14-8-3-9(16-10(13)15-8)17(4-6(11)18)5-7(12)19/h3H,2,4-5H2,1H3,(H2,11,18)(H2,12,19)(H3,13,14,15,16). The van der Waals surface area contributed by atoms with Crippen molar-refractivity contribution in [1.29, 1.82) is 0 Å². The predicted molar refractivity (Wildman–Crippen MR) is 71.2 cm³/mol. The first-order valence-electron chi connectivity index (χ1n) is 5.62. The molecule has 7 N–H and O–H groups in total. The molecule has 1 aromatic rings. The smallest absolute Gasteiger partial charge is 0.237 e. The third-order valence-corrected chi connectivity index (χ3v) is 2.11. The van der Waals surface area contributed by atoms with E-state index in [0.29, 0.717) is 18.2 Å². The fourth-order valence-corrected chi connectivity index (χ4v) is 1.48. The lowest BCUT2D eigenvalue weighted by atomic mass is 10.4. The van der Waals surface area contributed by atoms with Crippen molar-refractivity contribution in [2.75, 3.05) is 35.6 Å². The molecule has 0 bridgehead atoms. The quantitative estimate of drug-likeness (QED) is 0.457. The minimum atomic E-state index is -0.608. The van der Waals surface area contributed by atoms with E-state index in [9.17, 15) is 9.59 Å². The van der Waals surface area contributed by atoms with E-state index in [1.165, 1.54) is 4.90 Å². The molecule has 9 nitrogen and oxygen atoms in total. The van der Waals surface area contributed by atoms with Crippen LogP contribution >= 0.6 is 0 Å². The van der Waals surface area contributed by atoms with Gasteiger partial charge in [0.1, 0.15) is 11.6 Å². The number of carbonyl (C=O) groups is 2.